The molecule has 0 heterocycles. The summed E-state index contributed by atoms with van der Waals surface area (Å²) < 4.78 is 0. The van der Waals surface area contributed by atoms with Gasteiger partial charge in [0.05, 0.1) is 0 Å². The molecular formula is C24H33NOSi. The maximum Gasteiger partial charge on any atom is 0.223 e. The number of unbranched alkanes of at least 4 members (excludes halogenated alkanes) is 1. The van der Waals surface area contributed by atoms with Crippen molar-refractivity contribution >= 4 is 14.0 Å². The summed E-state index contributed by atoms with van der Waals surface area (Å²) in [5, 5.41) is 0. The highest BCUT2D eigenvalue weighted by molar-refractivity contribution is 6.76. The highest BCUT2D eigenvalue weighted by Crippen LogP contribution is 2.14. The van der Waals surface area contributed by atoms with E-state index < -0.39 is 8.07 Å². The van der Waals surface area contributed by atoms with Crippen molar-refractivity contribution in [1.82, 2.24) is 4.90 Å². The van der Waals surface area contributed by atoms with Crippen molar-refractivity contribution in [2.75, 3.05) is 0 Å². The van der Waals surface area contributed by atoms with Crippen molar-refractivity contribution in [1.29, 1.82) is 0 Å². The molecule has 2 rings (SSSR count). The second kappa shape index (κ2) is 10.9. The molecule has 3 heteroatoms. The van der Waals surface area contributed by atoms with E-state index in [0.29, 0.717) is 19.5 Å². The van der Waals surface area contributed by atoms with Gasteiger partial charge >= 0.3 is 0 Å². The van der Waals surface area contributed by atoms with Crippen molar-refractivity contribution in [3.05, 3.63) is 83.9 Å². The number of benzene rings is 2. The monoisotopic (exact) mass is 379 g/mol. The van der Waals surface area contributed by atoms with Crippen LogP contribution in [0.3, 0.4) is 0 Å². The maximum absolute atomic E-state index is 12.9. The molecule has 0 saturated carbocycles. The molecule has 0 radical (unpaired) electrons. The van der Waals surface area contributed by atoms with Gasteiger partial charge in [-0.05, 0) is 30.0 Å². The Balaban J connectivity index is 1.90. The van der Waals surface area contributed by atoms with E-state index in [1.54, 1.807) is 0 Å². The van der Waals surface area contributed by atoms with Crippen LogP contribution >= 0.6 is 0 Å². The summed E-state index contributed by atoms with van der Waals surface area (Å²) in [7, 11) is -1.01. The summed E-state index contributed by atoms with van der Waals surface area (Å²) in [6, 6.07) is 21.7. The molecule has 0 fully saturated rings. The number of carbonyl (C=O) groups is 1. The molecule has 0 aliphatic heterocycles. The Labute approximate surface area is 165 Å². The van der Waals surface area contributed by atoms with Gasteiger partial charge < -0.3 is 4.90 Å². The fourth-order valence-corrected chi connectivity index (χ4v) is 3.80. The molecule has 0 saturated heterocycles. The third kappa shape index (κ3) is 8.87. The number of nitrogens with zero attached hydrogens (tertiary/aromatic N) is 1. The largest absolute Gasteiger partial charge is 0.334 e. The average Bonchev–Trinajstić information content (AvgIpc) is 2.64. The Bertz CT molecular complexity index is 663. The van der Waals surface area contributed by atoms with Gasteiger partial charge in [-0.3, -0.25) is 4.79 Å². The van der Waals surface area contributed by atoms with E-state index in [2.05, 4.69) is 56.1 Å². The topological polar surface area (TPSA) is 20.3 Å². The molecule has 2 aromatic carbocycles. The molecule has 144 valence electrons. The number of hydrogen-bond acceptors (Lipinski definition) is 1. The van der Waals surface area contributed by atoms with Crippen LogP contribution in [0, 0.1) is 0 Å². The lowest BCUT2D eigenvalue weighted by Crippen LogP contribution is -2.29. The molecule has 0 aromatic heterocycles. The minimum atomic E-state index is -1.01. The van der Waals surface area contributed by atoms with Crippen LogP contribution in [0.4, 0.5) is 0 Å². The number of rotatable bonds is 10. The third-order valence-corrected chi connectivity index (χ3v) is 5.90. The van der Waals surface area contributed by atoms with E-state index in [4.69, 9.17) is 0 Å². The molecule has 2 aromatic rings. The first-order valence-corrected chi connectivity index (χ1v) is 13.7. The van der Waals surface area contributed by atoms with Gasteiger partial charge in [0.25, 0.3) is 0 Å². The second-order valence-corrected chi connectivity index (χ2v) is 13.9. The number of hydrogen-bond donors (Lipinski definition) is 0. The average molecular weight is 380 g/mol. The van der Waals surface area contributed by atoms with Crippen LogP contribution in [-0.4, -0.2) is 18.9 Å². The van der Waals surface area contributed by atoms with Gasteiger partial charge in [0.2, 0.25) is 5.91 Å². The SMILES string of the molecule is C[Si](C)(C)C/C=C/CCCC(=O)N(Cc1ccccc1)Cc1ccccc1. The standard InChI is InChI=1S/C24H33NOSi/c1-27(2,3)19-13-5-4-12-18-24(26)25(20-22-14-8-6-9-15-22)21-23-16-10-7-11-17-23/h5-11,13-17H,4,12,18-21H2,1-3H3/b13-5+. The Morgan fingerprint density at radius 3 is 1.85 bits per heavy atom. The zero-order valence-electron chi connectivity index (χ0n) is 17.0. The van der Waals surface area contributed by atoms with Crippen LogP contribution in [0.5, 0.6) is 0 Å². The summed E-state index contributed by atoms with van der Waals surface area (Å²) in [6.07, 6.45) is 7.07. The quantitative estimate of drug-likeness (QED) is 0.270. The van der Waals surface area contributed by atoms with Crippen molar-refractivity contribution in [3.63, 3.8) is 0 Å². The summed E-state index contributed by atoms with van der Waals surface area (Å²) in [4.78, 5) is 14.8. The van der Waals surface area contributed by atoms with Crippen LogP contribution in [0.25, 0.3) is 0 Å². The zero-order valence-corrected chi connectivity index (χ0v) is 18.0. The van der Waals surface area contributed by atoms with Gasteiger partial charge in [-0.15, -0.1) is 0 Å². The number of allylic oxidation sites excluding steroid dienone is 2. The van der Waals surface area contributed by atoms with Crippen LogP contribution in [0.2, 0.25) is 25.7 Å². The fourth-order valence-electron chi connectivity index (χ4n) is 2.92. The summed E-state index contributed by atoms with van der Waals surface area (Å²) in [5.41, 5.74) is 2.36. The molecule has 0 atom stereocenters. The van der Waals surface area contributed by atoms with Crippen LogP contribution < -0.4 is 0 Å². The predicted octanol–water partition coefficient (Wildman–Crippen LogP) is 6.28. The summed E-state index contributed by atoms with van der Waals surface area (Å²) in [5.74, 6) is 0.237. The van der Waals surface area contributed by atoms with Gasteiger partial charge in [-0.2, -0.15) is 0 Å². The van der Waals surface area contributed by atoms with Crippen molar-refractivity contribution in [2.45, 2.75) is 58.0 Å². The molecule has 1 amide bonds. The van der Waals surface area contributed by atoms with Crippen LogP contribution in [0.15, 0.2) is 72.8 Å². The first-order valence-electron chi connectivity index (χ1n) is 9.95. The number of amides is 1. The zero-order chi connectivity index (χ0) is 19.5. The lowest BCUT2D eigenvalue weighted by atomic mass is 10.1. The van der Waals surface area contributed by atoms with Gasteiger partial charge in [-0.1, -0.05) is 92.5 Å². The molecule has 0 bridgehead atoms. The van der Waals surface area contributed by atoms with E-state index in [1.165, 1.54) is 17.2 Å². The van der Waals surface area contributed by atoms with E-state index in [9.17, 15) is 4.79 Å². The molecule has 0 aliphatic carbocycles. The molecule has 0 N–H and O–H groups in total. The summed E-state index contributed by atoms with van der Waals surface area (Å²) >= 11 is 0. The van der Waals surface area contributed by atoms with Crippen LogP contribution in [0.1, 0.15) is 30.4 Å². The fraction of sp³-hybridized carbons (Fsp3) is 0.375. The third-order valence-electron chi connectivity index (χ3n) is 4.44. The van der Waals surface area contributed by atoms with E-state index in [0.717, 1.165) is 12.8 Å². The normalized spacial score (nSPS) is 11.7. The minimum Gasteiger partial charge on any atom is -0.334 e. The first kappa shape index (κ1) is 21.2. The van der Waals surface area contributed by atoms with Gasteiger partial charge in [-0.25, -0.2) is 0 Å². The Morgan fingerprint density at radius 1 is 0.852 bits per heavy atom. The lowest BCUT2D eigenvalue weighted by Gasteiger charge is -2.23. The molecule has 0 spiro atoms. The van der Waals surface area contributed by atoms with E-state index >= 15 is 0 Å². The van der Waals surface area contributed by atoms with Gasteiger partial charge in [0.1, 0.15) is 0 Å². The molecular weight excluding hydrogens is 346 g/mol. The van der Waals surface area contributed by atoms with Crippen LogP contribution in [-0.2, 0) is 17.9 Å². The lowest BCUT2D eigenvalue weighted by molar-refractivity contribution is -0.132. The predicted molar refractivity (Wildman–Crippen MR) is 118 cm³/mol. The Morgan fingerprint density at radius 2 is 1.37 bits per heavy atom. The highest BCUT2D eigenvalue weighted by atomic mass is 28.3. The van der Waals surface area contributed by atoms with Gasteiger partial charge in [0.15, 0.2) is 0 Å². The van der Waals surface area contributed by atoms with E-state index in [1.807, 2.05) is 41.3 Å². The molecule has 0 aliphatic rings. The highest BCUT2D eigenvalue weighted by Gasteiger charge is 2.14. The van der Waals surface area contributed by atoms with Crippen molar-refractivity contribution in [2.24, 2.45) is 0 Å². The molecule has 0 unspecified atom stereocenters. The molecule has 2 nitrogen and oxygen atoms in total. The van der Waals surface area contributed by atoms with E-state index in [-0.39, 0.29) is 5.91 Å². The number of carbonyl (C=O) groups excluding carboxylic acids is 1. The minimum absolute atomic E-state index is 0.237. The Hall–Kier alpha value is -2.13. The Kier molecular flexibility index (Phi) is 8.53. The smallest absolute Gasteiger partial charge is 0.223 e. The maximum atomic E-state index is 12.9. The van der Waals surface area contributed by atoms with Gasteiger partial charge in [0, 0.05) is 27.6 Å². The first-order chi connectivity index (χ1) is 12.9. The summed E-state index contributed by atoms with van der Waals surface area (Å²) in [6.45, 7) is 8.48. The van der Waals surface area contributed by atoms with Crippen molar-refractivity contribution in [3.8, 4) is 0 Å². The van der Waals surface area contributed by atoms with Crippen molar-refractivity contribution < 1.29 is 4.79 Å². The second-order valence-electron chi connectivity index (χ2n) is 8.35. The molecule has 27 heavy (non-hydrogen) atoms.